The highest BCUT2D eigenvalue weighted by Crippen LogP contribution is 2.34. The summed E-state index contributed by atoms with van der Waals surface area (Å²) in [6.07, 6.45) is 0.996. The lowest BCUT2D eigenvalue weighted by atomic mass is 10.2. The zero-order valence-electron chi connectivity index (χ0n) is 14.3. The summed E-state index contributed by atoms with van der Waals surface area (Å²) in [6, 6.07) is 7.66. The lowest BCUT2D eigenvalue weighted by molar-refractivity contribution is -0.144. The van der Waals surface area contributed by atoms with Crippen molar-refractivity contribution in [3.05, 3.63) is 29.8 Å². The minimum Gasteiger partial charge on any atom is -0.481 e. The number of ether oxygens (including phenoxy) is 1. The maximum atomic E-state index is 12.6. The summed E-state index contributed by atoms with van der Waals surface area (Å²) in [5, 5.41) is 0. The highest BCUT2D eigenvalue weighted by molar-refractivity contribution is 5.89. The van der Waals surface area contributed by atoms with Gasteiger partial charge in [-0.05, 0) is 38.3 Å². The van der Waals surface area contributed by atoms with E-state index in [4.69, 9.17) is 10.5 Å². The van der Waals surface area contributed by atoms with E-state index >= 15 is 0 Å². The number of carbonyl (C=O) groups excluding carboxylic acids is 2. The van der Waals surface area contributed by atoms with Crippen molar-refractivity contribution < 1.29 is 14.3 Å². The van der Waals surface area contributed by atoms with Crippen LogP contribution in [0.4, 0.5) is 0 Å². The lowest BCUT2D eigenvalue weighted by Crippen LogP contribution is -2.56. The normalized spacial score (nSPS) is 20.5. The molecule has 2 N–H and O–H groups in total. The van der Waals surface area contributed by atoms with Crippen molar-refractivity contribution >= 4 is 11.8 Å². The molecule has 24 heavy (non-hydrogen) atoms. The van der Waals surface area contributed by atoms with Crippen LogP contribution in [0.2, 0.25) is 0 Å². The van der Waals surface area contributed by atoms with Gasteiger partial charge in [0.25, 0.3) is 5.91 Å². The van der Waals surface area contributed by atoms with Crippen LogP contribution in [0.3, 0.4) is 0 Å². The highest BCUT2D eigenvalue weighted by Gasteiger charge is 2.48. The first kappa shape index (κ1) is 16.8. The molecule has 1 saturated heterocycles. The van der Waals surface area contributed by atoms with Gasteiger partial charge in [-0.3, -0.25) is 9.59 Å². The molecule has 2 amide bonds. The summed E-state index contributed by atoms with van der Waals surface area (Å²) in [5.41, 5.74) is 6.35. The molecule has 130 valence electrons. The Morgan fingerprint density at radius 1 is 1.12 bits per heavy atom. The van der Waals surface area contributed by atoms with Gasteiger partial charge in [-0.15, -0.1) is 0 Å². The maximum Gasteiger partial charge on any atom is 0.263 e. The van der Waals surface area contributed by atoms with Crippen molar-refractivity contribution in [3.63, 3.8) is 0 Å². The number of carbonyl (C=O) groups is 2. The van der Waals surface area contributed by atoms with Crippen LogP contribution in [0.1, 0.15) is 25.3 Å². The lowest BCUT2D eigenvalue weighted by Gasteiger charge is -2.37. The second-order valence-corrected chi connectivity index (χ2v) is 6.80. The molecule has 1 atom stereocenters. The Hall–Kier alpha value is -2.08. The molecule has 6 nitrogen and oxygen atoms in total. The van der Waals surface area contributed by atoms with Crippen molar-refractivity contribution in [3.8, 4) is 5.75 Å². The van der Waals surface area contributed by atoms with Crippen LogP contribution in [0.5, 0.6) is 5.75 Å². The first-order valence-corrected chi connectivity index (χ1v) is 8.50. The molecule has 6 heteroatoms. The Balaban J connectivity index is 1.53. The number of hydrogen-bond donors (Lipinski definition) is 1. The van der Waals surface area contributed by atoms with E-state index in [2.05, 4.69) is 0 Å². The van der Waals surface area contributed by atoms with Gasteiger partial charge in [0.1, 0.15) is 5.75 Å². The predicted octanol–water partition coefficient (Wildman–Crippen LogP) is 0.924. The molecule has 1 heterocycles. The summed E-state index contributed by atoms with van der Waals surface area (Å²) in [7, 11) is 0. The van der Waals surface area contributed by atoms with Crippen molar-refractivity contribution in [2.24, 2.45) is 5.73 Å². The van der Waals surface area contributed by atoms with Crippen molar-refractivity contribution in [1.29, 1.82) is 0 Å². The molecular weight excluding hydrogens is 306 g/mol. The third kappa shape index (κ3) is 3.38. The van der Waals surface area contributed by atoms with Gasteiger partial charge in [0.15, 0.2) is 6.10 Å². The first-order valence-electron chi connectivity index (χ1n) is 8.50. The molecule has 1 aromatic rings. The smallest absolute Gasteiger partial charge is 0.263 e. The van der Waals surface area contributed by atoms with E-state index in [0.29, 0.717) is 26.2 Å². The van der Waals surface area contributed by atoms with E-state index < -0.39 is 11.6 Å². The van der Waals surface area contributed by atoms with Crippen LogP contribution in [0.25, 0.3) is 0 Å². The van der Waals surface area contributed by atoms with Crippen molar-refractivity contribution in [2.75, 3.05) is 26.2 Å². The number of aryl methyl sites for hydroxylation is 1. The standard InChI is InChI=1S/C18H25N3O3/c1-13-5-3-4-6-15(13)24-14(2)16(22)20-9-11-21(12-10-20)17(23)18(19)7-8-18/h3-6,14H,7-12,19H2,1-2H3. The molecule has 0 aromatic heterocycles. The molecule has 2 fully saturated rings. The number of benzene rings is 1. The van der Waals surface area contributed by atoms with Gasteiger partial charge in [-0.2, -0.15) is 0 Å². The van der Waals surface area contributed by atoms with Gasteiger partial charge >= 0.3 is 0 Å². The Morgan fingerprint density at radius 3 is 2.29 bits per heavy atom. The molecule has 1 saturated carbocycles. The Bertz CT molecular complexity index is 634. The third-order valence-electron chi connectivity index (χ3n) is 4.84. The minimum atomic E-state index is -0.632. The van der Waals surface area contributed by atoms with Gasteiger partial charge in [-0.25, -0.2) is 0 Å². The fourth-order valence-electron chi connectivity index (χ4n) is 2.98. The fourth-order valence-corrected chi connectivity index (χ4v) is 2.98. The van der Waals surface area contributed by atoms with E-state index in [1.165, 1.54) is 0 Å². The average Bonchev–Trinajstić information content (AvgIpc) is 3.34. The largest absolute Gasteiger partial charge is 0.481 e. The highest BCUT2D eigenvalue weighted by atomic mass is 16.5. The minimum absolute atomic E-state index is 0.0267. The van der Waals surface area contributed by atoms with Gasteiger partial charge in [0.2, 0.25) is 5.91 Å². The zero-order chi connectivity index (χ0) is 17.3. The molecule has 0 spiro atoms. The van der Waals surface area contributed by atoms with Gasteiger partial charge in [0.05, 0.1) is 5.54 Å². The number of hydrogen-bond acceptors (Lipinski definition) is 4. The first-order chi connectivity index (χ1) is 11.4. The molecule has 3 rings (SSSR count). The van der Waals surface area contributed by atoms with Crippen LogP contribution in [0.15, 0.2) is 24.3 Å². The molecule has 1 aliphatic heterocycles. The van der Waals surface area contributed by atoms with Gasteiger partial charge in [-0.1, -0.05) is 18.2 Å². The number of amides is 2. The maximum absolute atomic E-state index is 12.6. The van der Waals surface area contributed by atoms with E-state index in [1.807, 2.05) is 31.2 Å². The second-order valence-electron chi connectivity index (χ2n) is 6.80. The SMILES string of the molecule is Cc1ccccc1OC(C)C(=O)N1CCN(C(=O)C2(N)CC2)CC1. The van der Waals surface area contributed by atoms with Crippen LogP contribution >= 0.6 is 0 Å². The monoisotopic (exact) mass is 331 g/mol. The van der Waals surface area contributed by atoms with Crippen LogP contribution < -0.4 is 10.5 Å². The van der Waals surface area contributed by atoms with Gasteiger partial charge in [0, 0.05) is 26.2 Å². The zero-order valence-corrected chi connectivity index (χ0v) is 14.3. The number of para-hydroxylation sites is 1. The number of piperazine rings is 1. The van der Waals surface area contributed by atoms with Crippen LogP contribution in [-0.2, 0) is 9.59 Å². The van der Waals surface area contributed by atoms with Crippen LogP contribution in [0, 0.1) is 6.92 Å². The molecule has 1 aliphatic carbocycles. The Morgan fingerprint density at radius 2 is 1.71 bits per heavy atom. The topological polar surface area (TPSA) is 75.9 Å². The molecule has 1 unspecified atom stereocenters. The Kier molecular flexibility index (Phi) is 4.49. The van der Waals surface area contributed by atoms with Gasteiger partial charge < -0.3 is 20.3 Å². The quantitative estimate of drug-likeness (QED) is 0.890. The molecule has 0 radical (unpaired) electrons. The number of nitrogens with zero attached hydrogens (tertiary/aromatic N) is 2. The fraction of sp³-hybridized carbons (Fsp3) is 0.556. The second kappa shape index (κ2) is 6.43. The summed E-state index contributed by atoms with van der Waals surface area (Å²) in [4.78, 5) is 28.4. The van der Waals surface area contributed by atoms with E-state index in [-0.39, 0.29) is 11.8 Å². The van der Waals surface area contributed by atoms with Crippen molar-refractivity contribution in [1.82, 2.24) is 9.80 Å². The Labute approximate surface area is 142 Å². The summed E-state index contributed by atoms with van der Waals surface area (Å²) < 4.78 is 5.81. The van der Waals surface area contributed by atoms with Crippen LogP contribution in [-0.4, -0.2) is 59.4 Å². The summed E-state index contributed by atoms with van der Waals surface area (Å²) in [5.74, 6) is 0.712. The average molecular weight is 331 g/mol. The summed E-state index contributed by atoms with van der Waals surface area (Å²) in [6.45, 7) is 5.87. The molecular formula is C18H25N3O3. The molecule has 1 aromatic carbocycles. The van der Waals surface area contributed by atoms with Crippen molar-refractivity contribution in [2.45, 2.75) is 38.3 Å². The van der Waals surface area contributed by atoms with E-state index in [0.717, 1.165) is 24.2 Å². The number of rotatable bonds is 4. The summed E-state index contributed by atoms with van der Waals surface area (Å²) >= 11 is 0. The van der Waals surface area contributed by atoms with E-state index in [1.54, 1.807) is 16.7 Å². The molecule has 0 bridgehead atoms. The molecule has 2 aliphatic rings. The number of nitrogens with two attached hydrogens (primary N) is 1. The predicted molar refractivity (Wildman–Crippen MR) is 90.6 cm³/mol. The van der Waals surface area contributed by atoms with E-state index in [9.17, 15) is 9.59 Å². The third-order valence-corrected chi connectivity index (χ3v) is 4.84.